The Morgan fingerprint density at radius 1 is 1.33 bits per heavy atom. The number of carbonyl (C=O) groups is 1. The molecule has 110 valence electrons. The lowest BCUT2D eigenvalue weighted by Crippen LogP contribution is -2.32. The van der Waals surface area contributed by atoms with Crippen molar-refractivity contribution in [2.75, 3.05) is 6.54 Å². The summed E-state index contributed by atoms with van der Waals surface area (Å²) in [5.74, 6) is 0.688. The fourth-order valence-corrected chi connectivity index (χ4v) is 2.57. The van der Waals surface area contributed by atoms with Gasteiger partial charge in [-0.3, -0.25) is 9.48 Å². The molecule has 1 fully saturated rings. The van der Waals surface area contributed by atoms with Gasteiger partial charge in [-0.25, -0.2) is 0 Å². The summed E-state index contributed by atoms with van der Waals surface area (Å²) in [5.41, 5.74) is 1.79. The third-order valence-electron chi connectivity index (χ3n) is 3.94. The molecule has 1 saturated carbocycles. The molecule has 1 aliphatic rings. The second-order valence-corrected chi connectivity index (χ2v) is 6.00. The summed E-state index contributed by atoms with van der Waals surface area (Å²) in [5, 5.41) is 7.76. The van der Waals surface area contributed by atoms with Crippen LogP contribution >= 0.6 is 11.6 Å². The largest absolute Gasteiger partial charge is 0.352 e. The van der Waals surface area contributed by atoms with Gasteiger partial charge in [0.15, 0.2) is 0 Å². The molecule has 21 heavy (non-hydrogen) atoms. The SMILES string of the molecule is O=C(NCC1CCC1)c1ccc(Cn2cc(Cl)cn2)cc1. The summed E-state index contributed by atoms with van der Waals surface area (Å²) in [6.45, 7) is 1.45. The summed E-state index contributed by atoms with van der Waals surface area (Å²) in [6, 6.07) is 7.62. The Labute approximate surface area is 129 Å². The molecule has 1 aromatic carbocycles. The van der Waals surface area contributed by atoms with Gasteiger partial charge in [-0.2, -0.15) is 5.10 Å². The van der Waals surface area contributed by atoms with Crippen LogP contribution in [0.2, 0.25) is 5.02 Å². The summed E-state index contributed by atoms with van der Waals surface area (Å²) in [6.07, 6.45) is 7.18. The molecular formula is C16H18ClN3O. The maximum Gasteiger partial charge on any atom is 0.251 e. The normalized spacial score (nSPS) is 14.7. The van der Waals surface area contributed by atoms with Crippen molar-refractivity contribution in [3.63, 3.8) is 0 Å². The van der Waals surface area contributed by atoms with Crippen LogP contribution in [0.15, 0.2) is 36.7 Å². The van der Waals surface area contributed by atoms with Gasteiger partial charge in [-0.05, 0) is 36.5 Å². The highest BCUT2D eigenvalue weighted by molar-refractivity contribution is 6.30. The molecule has 0 atom stereocenters. The number of amides is 1. The number of benzene rings is 1. The molecule has 1 aromatic heterocycles. The van der Waals surface area contributed by atoms with Gasteiger partial charge in [-0.15, -0.1) is 0 Å². The molecule has 0 spiro atoms. The van der Waals surface area contributed by atoms with E-state index in [2.05, 4.69) is 10.4 Å². The Balaban J connectivity index is 1.56. The van der Waals surface area contributed by atoms with Crippen LogP contribution in [0.25, 0.3) is 0 Å². The molecule has 4 nitrogen and oxygen atoms in total. The van der Waals surface area contributed by atoms with E-state index in [0.717, 1.165) is 12.1 Å². The van der Waals surface area contributed by atoms with Crippen LogP contribution < -0.4 is 5.32 Å². The molecule has 0 radical (unpaired) electrons. The van der Waals surface area contributed by atoms with Crippen LogP contribution in [0.1, 0.15) is 35.2 Å². The number of hydrogen-bond acceptors (Lipinski definition) is 2. The van der Waals surface area contributed by atoms with E-state index in [1.165, 1.54) is 19.3 Å². The monoisotopic (exact) mass is 303 g/mol. The topological polar surface area (TPSA) is 46.9 Å². The van der Waals surface area contributed by atoms with Crippen molar-refractivity contribution in [3.05, 3.63) is 52.8 Å². The lowest BCUT2D eigenvalue weighted by molar-refractivity contribution is 0.0939. The van der Waals surface area contributed by atoms with E-state index in [1.807, 2.05) is 24.3 Å². The van der Waals surface area contributed by atoms with Crippen LogP contribution in [-0.4, -0.2) is 22.2 Å². The van der Waals surface area contributed by atoms with Gasteiger partial charge < -0.3 is 5.32 Å². The van der Waals surface area contributed by atoms with Crippen LogP contribution in [0, 0.1) is 5.92 Å². The Bertz CT molecular complexity index is 617. The molecule has 5 heteroatoms. The number of aromatic nitrogens is 2. The van der Waals surface area contributed by atoms with Crippen molar-refractivity contribution in [3.8, 4) is 0 Å². The molecule has 3 rings (SSSR count). The van der Waals surface area contributed by atoms with Gasteiger partial charge in [0.1, 0.15) is 0 Å². The minimum Gasteiger partial charge on any atom is -0.352 e. The Morgan fingerprint density at radius 2 is 2.10 bits per heavy atom. The molecule has 1 aliphatic carbocycles. The summed E-state index contributed by atoms with van der Waals surface area (Å²) in [4.78, 5) is 12.0. The standard InChI is InChI=1S/C16H18ClN3O/c17-15-9-19-20(11-15)10-13-4-6-14(7-5-13)16(21)18-8-12-2-1-3-12/h4-7,9,11-12H,1-3,8,10H2,(H,18,21). The highest BCUT2D eigenvalue weighted by Gasteiger charge is 2.18. The molecule has 1 heterocycles. The molecule has 0 saturated heterocycles. The Kier molecular flexibility index (Phi) is 4.25. The smallest absolute Gasteiger partial charge is 0.251 e. The minimum absolute atomic E-state index is 0.00980. The highest BCUT2D eigenvalue weighted by Crippen LogP contribution is 2.25. The predicted octanol–water partition coefficient (Wildman–Crippen LogP) is 3.11. The van der Waals surface area contributed by atoms with Crippen LogP contribution in [0.4, 0.5) is 0 Å². The van der Waals surface area contributed by atoms with E-state index in [0.29, 0.717) is 23.0 Å². The van der Waals surface area contributed by atoms with Crippen LogP contribution in [0.3, 0.4) is 0 Å². The number of nitrogens with one attached hydrogen (secondary N) is 1. The highest BCUT2D eigenvalue weighted by atomic mass is 35.5. The number of rotatable bonds is 5. The van der Waals surface area contributed by atoms with Gasteiger partial charge in [0, 0.05) is 18.3 Å². The summed E-state index contributed by atoms with van der Waals surface area (Å²) >= 11 is 5.83. The van der Waals surface area contributed by atoms with Gasteiger partial charge >= 0.3 is 0 Å². The first-order valence-corrected chi connectivity index (χ1v) is 7.63. The first-order chi connectivity index (χ1) is 10.2. The van der Waals surface area contributed by atoms with Gasteiger partial charge in [-0.1, -0.05) is 30.2 Å². The van der Waals surface area contributed by atoms with E-state index in [4.69, 9.17) is 11.6 Å². The minimum atomic E-state index is 0.00980. The zero-order chi connectivity index (χ0) is 14.7. The molecular weight excluding hydrogens is 286 g/mol. The van der Waals surface area contributed by atoms with Crippen molar-refractivity contribution in [2.24, 2.45) is 5.92 Å². The average Bonchev–Trinajstić information content (AvgIpc) is 2.83. The number of halogens is 1. The number of nitrogens with zero attached hydrogens (tertiary/aromatic N) is 2. The van der Waals surface area contributed by atoms with Crippen LogP contribution in [0.5, 0.6) is 0 Å². The summed E-state index contributed by atoms with van der Waals surface area (Å²) < 4.78 is 1.77. The van der Waals surface area contributed by atoms with Crippen molar-refractivity contribution in [2.45, 2.75) is 25.8 Å². The predicted molar refractivity (Wildman–Crippen MR) is 82.5 cm³/mol. The zero-order valence-corrected chi connectivity index (χ0v) is 12.5. The molecule has 0 unspecified atom stereocenters. The second kappa shape index (κ2) is 6.31. The first kappa shape index (κ1) is 14.1. The lowest BCUT2D eigenvalue weighted by atomic mass is 9.85. The van der Waals surface area contributed by atoms with Gasteiger partial charge in [0.2, 0.25) is 0 Å². The molecule has 1 N–H and O–H groups in total. The fourth-order valence-electron chi connectivity index (χ4n) is 2.41. The average molecular weight is 304 g/mol. The van der Waals surface area contributed by atoms with E-state index in [1.54, 1.807) is 17.1 Å². The lowest BCUT2D eigenvalue weighted by Gasteiger charge is -2.25. The molecule has 1 amide bonds. The van der Waals surface area contributed by atoms with Gasteiger partial charge in [0.05, 0.1) is 17.8 Å². The van der Waals surface area contributed by atoms with Crippen molar-refractivity contribution in [1.29, 1.82) is 0 Å². The van der Waals surface area contributed by atoms with E-state index >= 15 is 0 Å². The van der Waals surface area contributed by atoms with E-state index < -0.39 is 0 Å². The quantitative estimate of drug-likeness (QED) is 0.922. The third kappa shape index (κ3) is 3.64. The molecule has 0 bridgehead atoms. The van der Waals surface area contributed by atoms with E-state index in [9.17, 15) is 4.79 Å². The Morgan fingerprint density at radius 3 is 2.67 bits per heavy atom. The third-order valence-corrected chi connectivity index (χ3v) is 4.13. The zero-order valence-electron chi connectivity index (χ0n) is 11.8. The maximum absolute atomic E-state index is 12.0. The van der Waals surface area contributed by atoms with Gasteiger partial charge in [0.25, 0.3) is 5.91 Å². The summed E-state index contributed by atoms with van der Waals surface area (Å²) in [7, 11) is 0. The fraction of sp³-hybridized carbons (Fsp3) is 0.375. The van der Waals surface area contributed by atoms with Crippen molar-refractivity contribution < 1.29 is 4.79 Å². The second-order valence-electron chi connectivity index (χ2n) is 5.56. The van der Waals surface area contributed by atoms with Crippen molar-refractivity contribution in [1.82, 2.24) is 15.1 Å². The van der Waals surface area contributed by atoms with E-state index in [-0.39, 0.29) is 5.91 Å². The maximum atomic E-state index is 12.0. The molecule has 2 aromatic rings. The Hall–Kier alpha value is -1.81. The molecule has 0 aliphatic heterocycles. The van der Waals surface area contributed by atoms with Crippen LogP contribution in [-0.2, 0) is 6.54 Å². The van der Waals surface area contributed by atoms with Crippen molar-refractivity contribution >= 4 is 17.5 Å². The first-order valence-electron chi connectivity index (χ1n) is 7.26. The number of carbonyl (C=O) groups excluding carboxylic acids is 1. The number of hydrogen-bond donors (Lipinski definition) is 1.